The Morgan fingerprint density at radius 2 is 1.77 bits per heavy atom. The molecule has 1 N–H and O–H groups in total. The molecule has 0 fully saturated rings. The van der Waals surface area contributed by atoms with Gasteiger partial charge in [-0.25, -0.2) is 4.79 Å². The van der Waals surface area contributed by atoms with Gasteiger partial charge < -0.3 is 5.11 Å². The fourth-order valence-corrected chi connectivity index (χ4v) is 0.685. The van der Waals surface area contributed by atoms with Crippen LogP contribution in [0.2, 0.25) is 0 Å². The molecule has 2 amide bonds. The molecule has 0 atom stereocenters. The Bertz CT molecular complexity index is 286. The lowest BCUT2D eigenvalue weighted by Crippen LogP contribution is -2.25. The van der Waals surface area contributed by atoms with Gasteiger partial charge in [-0.15, -0.1) is 0 Å². The van der Waals surface area contributed by atoms with Crippen molar-refractivity contribution in [2.24, 2.45) is 0 Å². The summed E-state index contributed by atoms with van der Waals surface area (Å²) in [5.41, 5.74) is 0. The summed E-state index contributed by atoms with van der Waals surface area (Å²) in [6.45, 7) is 0. The van der Waals surface area contributed by atoms with E-state index in [-0.39, 0.29) is 6.41 Å². The van der Waals surface area contributed by atoms with Crippen LogP contribution in [0, 0.1) is 0 Å². The normalized spacial score (nSPS) is 11.6. The maximum atomic E-state index is 11.0. The first-order valence-corrected chi connectivity index (χ1v) is 3.68. The second-order valence-corrected chi connectivity index (χ2v) is 2.71. The predicted octanol–water partition coefficient (Wildman–Crippen LogP) is 0.375. The third kappa shape index (κ3) is 3.04. The van der Waals surface area contributed by atoms with Gasteiger partial charge in [0.05, 0.1) is 0 Å². The zero-order valence-corrected chi connectivity index (χ0v) is 7.96. The van der Waals surface area contributed by atoms with E-state index in [9.17, 15) is 14.4 Å². The van der Waals surface area contributed by atoms with Gasteiger partial charge in [0.1, 0.15) is 10.1 Å². The van der Waals surface area contributed by atoms with Crippen LogP contribution in [-0.4, -0.2) is 35.3 Å². The van der Waals surface area contributed by atoms with Crippen molar-refractivity contribution < 1.29 is 19.5 Å². The molecule has 0 saturated heterocycles. The first-order valence-electron chi connectivity index (χ1n) is 2.92. The lowest BCUT2D eigenvalue weighted by molar-refractivity contribution is -0.135. The fourth-order valence-electron chi connectivity index (χ4n) is 0.390. The molecule has 5 nitrogen and oxygen atoms in total. The van der Waals surface area contributed by atoms with Crippen LogP contribution in [0.5, 0.6) is 0 Å². The quantitative estimate of drug-likeness (QED) is 0.557. The Labute approximate surface area is 83.5 Å². The topological polar surface area (TPSA) is 74.7 Å². The molecule has 0 rings (SSSR count). The van der Waals surface area contributed by atoms with Crippen molar-refractivity contribution in [3.8, 4) is 0 Å². The van der Waals surface area contributed by atoms with Gasteiger partial charge in [-0.05, 0) is 0 Å². The average Bonchev–Trinajstić information content (AvgIpc) is 2.12. The molecule has 0 spiro atoms. The standard InChI is InChI=1S/C6H5Cl2NO4/c1-9(2-10)5(11)3(7)4(8)6(12)13/h2H,1H3,(H,12,13). The van der Waals surface area contributed by atoms with Crippen molar-refractivity contribution in [1.82, 2.24) is 4.90 Å². The summed E-state index contributed by atoms with van der Waals surface area (Å²) in [7, 11) is 1.13. The van der Waals surface area contributed by atoms with Gasteiger partial charge in [-0.3, -0.25) is 14.5 Å². The number of carboxylic acids is 1. The first kappa shape index (κ1) is 11.9. The lowest BCUT2D eigenvalue weighted by atomic mass is 10.4. The van der Waals surface area contributed by atoms with E-state index in [0.29, 0.717) is 4.90 Å². The Morgan fingerprint density at radius 1 is 1.31 bits per heavy atom. The number of carbonyl (C=O) groups excluding carboxylic acids is 2. The highest BCUT2D eigenvalue weighted by Crippen LogP contribution is 2.15. The van der Waals surface area contributed by atoms with Crippen LogP contribution >= 0.6 is 23.2 Å². The van der Waals surface area contributed by atoms with Crippen molar-refractivity contribution in [3.63, 3.8) is 0 Å². The van der Waals surface area contributed by atoms with E-state index in [1.54, 1.807) is 0 Å². The van der Waals surface area contributed by atoms with E-state index < -0.39 is 21.9 Å². The molecular weight excluding hydrogens is 221 g/mol. The molecule has 0 aliphatic heterocycles. The van der Waals surface area contributed by atoms with E-state index in [4.69, 9.17) is 28.3 Å². The third-order valence-corrected chi connectivity index (χ3v) is 1.84. The van der Waals surface area contributed by atoms with E-state index in [0.717, 1.165) is 7.05 Å². The highest BCUT2D eigenvalue weighted by Gasteiger charge is 2.19. The molecule has 0 aliphatic rings. The molecule has 0 aromatic rings. The largest absolute Gasteiger partial charge is 0.477 e. The first-order chi connectivity index (χ1) is 5.91. The molecule has 0 saturated carbocycles. The van der Waals surface area contributed by atoms with Crippen LogP contribution in [0.3, 0.4) is 0 Å². The molecule has 0 radical (unpaired) electrons. The highest BCUT2D eigenvalue weighted by molar-refractivity contribution is 6.53. The van der Waals surface area contributed by atoms with E-state index >= 15 is 0 Å². The maximum Gasteiger partial charge on any atom is 0.349 e. The number of hydrogen-bond donors (Lipinski definition) is 1. The van der Waals surface area contributed by atoms with Gasteiger partial charge in [0, 0.05) is 7.05 Å². The average molecular weight is 226 g/mol. The Balaban J connectivity index is 4.88. The zero-order chi connectivity index (χ0) is 10.6. The monoisotopic (exact) mass is 225 g/mol. The second-order valence-electron chi connectivity index (χ2n) is 1.95. The minimum atomic E-state index is -1.53. The van der Waals surface area contributed by atoms with Crippen molar-refractivity contribution in [1.29, 1.82) is 0 Å². The summed E-state index contributed by atoms with van der Waals surface area (Å²) in [6.07, 6.45) is 0.191. The van der Waals surface area contributed by atoms with Gasteiger partial charge in [-0.1, -0.05) is 23.2 Å². The Hall–Kier alpha value is -1.07. The number of hydrogen-bond acceptors (Lipinski definition) is 3. The molecule has 7 heteroatoms. The highest BCUT2D eigenvalue weighted by atomic mass is 35.5. The predicted molar refractivity (Wildman–Crippen MR) is 45.2 cm³/mol. The van der Waals surface area contributed by atoms with Crippen LogP contribution in [-0.2, 0) is 14.4 Å². The summed E-state index contributed by atoms with van der Waals surface area (Å²) in [5, 5.41) is 6.80. The van der Waals surface area contributed by atoms with Gasteiger partial charge in [0.2, 0.25) is 6.41 Å². The minimum Gasteiger partial charge on any atom is -0.477 e. The van der Waals surface area contributed by atoms with Gasteiger partial charge >= 0.3 is 5.97 Å². The molecule has 0 bridgehead atoms. The molecule has 0 aromatic heterocycles. The Kier molecular flexibility index (Phi) is 4.44. The van der Waals surface area contributed by atoms with Crippen molar-refractivity contribution in [2.75, 3.05) is 7.05 Å². The van der Waals surface area contributed by atoms with Gasteiger partial charge in [-0.2, -0.15) is 0 Å². The van der Waals surface area contributed by atoms with E-state index in [1.165, 1.54) is 0 Å². The van der Waals surface area contributed by atoms with Crippen molar-refractivity contribution in [3.05, 3.63) is 10.1 Å². The van der Waals surface area contributed by atoms with Crippen LogP contribution in [0.1, 0.15) is 0 Å². The number of halogens is 2. The molecule has 0 unspecified atom stereocenters. The minimum absolute atomic E-state index is 0.191. The number of likely N-dealkylation sites (N-methyl/N-ethyl adjacent to an activating group) is 1. The van der Waals surface area contributed by atoms with Gasteiger partial charge in [0.25, 0.3) is 5.91 Å². The molecule has 0 aliphatic carbocycles. The van der Waals surface area contributed by atoms with Crippen LogP contribution < -0.4 is 0 Å². The zero-order valence-electron chi connectivity index (χ0n) is 6.45. The fraction of sp³-hybridized carbons (Fsp3) is 0.167. The number of nitrogens with zero attached hydrogens (tertiary/aromatic N) is 1. The number of carboxylic acid groups (broad SMARTS) is 1. The van der Waals surface area contributed by atoms with Crippen molar-refractivity contribution >= 4 is 41.5 Å². The summed E-state index contributed by atoms with van der Waals surface area (Å²) in [6, 6.07) is 0. The molecule has 0 aromatic carbocycles. The summed E-state index contributed by atoms with van der Waals surface area (Å²) >= 11 is 10.4. The van der Waals surface area contributed by atoms with Gasteiger partial charge in [0.15, 0.2) is 0 Å². The summed E-state index contributed by atoms with van der Waals surface area (Å²) in [4.78, 5) is 31.9. The SMILES string of the molecule is CN(C=O)C(=O)C(Cl)=C(Cl)C(=O)O. The summed E-state index contributed by atoms with van der Waals surface area (Å²) < 4.78 is 0. The summed E-state index contributed by atoms with van der Waals surface area (Å²) in [5.74, 6) is -2.50. The van der Waals surface area contributed by atoms with Crippen LogP contribution in [0.25, 0.3) is 0 Å². The van der Waals surface area contributed by atoms with E-state index in [2.05, 4.69) is 0 Å². The lowest BCUT2D eigenvalue weighted by Gasteiger charge is -2.07. The number of aliphatic carboxylic acids is 1. The maximum absolute atomic E-state index is 11.0. The van der Waals surface area contributed by atoms with Crippen LogP contribution in [0.15, 0.2) is 10.1 Å². The Morgan fingerprint density at radius 3 is 2.08 bits per heavy atom. The van der Waals surface area contributed by atoms with E-state index in [1.807, 2.05) is 0 Å². The molecule has 72 valence electrons. The number of imide groups is 1. The number of rotatable bonds is 3. The van der Waals surface area contributed by atoms with Crippen LogP contribution in [0.4, 0.5) is 0 Å². The molecule has 0 heterocycles. The second kappa shape index (κ2) is 4.84. The smallest absolute Gasteiger partial charge is 0.349 e. The third-order valence-electron chi connectivity index (χ3n) is 1.05. The number of amides is 2. The molecule has 13 heavy (non-hydrogen) atoms. The van der Waals surface area contributed by atoms with Crippen molar-refractivity contribution in [2.45, 2.75) is 0 Å². The number of carbonyl (C=O) groups is 3. The molecular formula is C6H5Cl2NO4.